The average Bonchev–Trinajstić information content (AvgIpc) is 4.04. The zero-order chi connectivity index (χ0) is 37.6. The van der Waals surface area contributed by atoms with E-state index in [9.17, 15) is 14.4 Å². The summed E-state index contributed by atoms with van der Waals surface area (Å²) in [6.07, 6.45) is 7.24. The van der Waals surface area contributed by atoms with Crippen LogP contribution in [-0.4, -0.2) is 81.6 Å². The van der Waals surface area contributed by atoms with Gasteiger partial charge in [-0.05, 0) is 65.8 Å². The largest absolute Gasteiger partial charge is 0.453 e. The van der Waals surface area contributed by atoms with Gasteiger partial charge in [0.1, 0.15) is 17.9 Å². The van der Waals surface area contributed by atoms with Crippen molar-refractivity contribution in [3.63, 3.8) is 0 Å². The van der Waals surface area contributed by atoms with Crippen molar-refractivity contribution in [2.45, 2.75) is 64.1 Å². The van der Waals surface area contributed by atoms with Crippen LogP contribution < -0.4 is 15.5 Å². The van der Waals surface area contributed by atoms with Crippen molar-refractivity contribution in [1.29, 1.82) is 0 Å². The molecule has 0 radical (unpaired) electrons. The van der Waals surface area contributed by atoms with Crippen molar-refractivity contribution in [2.75, 3.05) is 31.6 Å². The number of imidazole rings is 2. The van der Waals surface area contributed by atoms with E-state index < -0.39 is 12.1 Å². The highest BCUT2D eigenvalue weighted by molar-refractivity contribution is 5.87. The first-order valence-electron chi connectivity index (χ1n) is 18.8. The van der Waals surface area contributed by atoms with Gasteiger partial charge in [-0.1, -0.05) is 92.7 Å². The first-order chi connectivity index (χ1) is 26.3. The highest BCUT2D eigenvalue weighted by Crippen LogP contribution is 2.34. The summed E-state index contributed by atoms with van der Waals surface area (Å²) in [5.74, 6) is 1.27. The van der Waals surface area contributed by atoms with Crippen LogP contribution in [0, 0.1) is 5.92 Å². The lowest BCUT2D eigenvalue weighted by atomic mass is 10.0. The van der Waals surface area contributed by atoms with E-state index in [1.165, 1.54) is 12.7 Å². The molecule has 2 aliphatic rings. The highest BCUT2D eigenvalue weighted by Gasteiger charge is 2.37. The monoisotopic (exact) mass is 728 g/mol. The van der Waals surface area contributed by atoms with Gasteiger partial charge in [-0.2, -0.15) is 0 Å². The first-order valence-corrected chi connectivity index (χ1v) is 18.8. The van der Waals surface area contributed by atoms with Crippen molar-refractivity contribution in [2.24, 2.45) is 5.92 Å². The molecule has 3 atom stereocenters. The van der Waals surface area contributed by atoms with Crippen LogP contribution in [0.2, 0.25) is 0 Å². The SMILES string of the molecule is COC(=O)NC(C(=O)N1CCCC1c1ncc(-c2ccc(-c3ccc(-c4cnc(N5CCCC5C(=O)NCCc5ccccc5)[nH]4)cc3)cc2)[nH]1)C(C)C. The van der Waals surface area contributed by atoms with Crippen LogP contribution in [0.4, 0.5) is 10.7 Å². The number of methoxy groups -OCH3 is 1. The van der Waals surface area contributed by atoms with Crippen LogP contribution in [0.5, 0.6) is 0 Å². The molecule has 4 N–H and O–H groups in total. The zero-order valence-electron chi connectivity index (χ0n) is 31.0. The van der Waals surface area contributed by atoms with Crippen LogP contribution in [-0.2, 0) is 20.7 Å². The number of anilines is 1. The predicted molar refractivity (Wildman–Crippen MR) is 208 cm³/mol. The van der Waals surface area contributed by atoms with Crippen LogP contribution in [0.3, 0.4) is 0 Å². The van der Waals surface area contributed by atoms with Gasteiger partial charge in [-0.25, -0.2) is 14.8 Å². The summed E-state index contributed by atoms with van der Waals surface area (Å²) < 4.78 is 4.76. The number of carbonyl (C=O) groups excluding carboxylic acids is 3. The molecule has 0 saturated carbocycles. The lowest BCUT2D eigenvalue weighted by Gasteiger charge is -2.30. The number of amides is 3. The van der Waals surface area contributed by atoms with Crippen LogP contribution in [0.1, 0.15) is 57.0 Å². The second kappa shape index (κ2) is 16.4. The van der Waals surface area contributed by atoms with Crippen molar-refractivity contribution in [3.05, 3.63) is 103 Å². The van der Waals surface area contributed by atoms with Gasteiger partial charge in [0.2, 0.25) is 17.8 Å². The summed E-state index contributed by atoms with van der Waals surface area (Å²) in [6, 6.07) is 25.8. The first kappa shape index (κ1) is 36.4. The Morgan fingerprint density at radius 1 is 0.815 bits per heavy atom. The molecule has 3 unspecified atom stereocenters. The molecule has 2 fully saturated rings. The average molecular weight is 729 g/mol. The number of likely N-dealkylation sites (tertiary alicyclic amines) is 1. The van der Waals surface area contributed by atoms with E-state index in [4.69, 9.17) is 4.74 Å². The van der Waals surface area contributed by atoms with Gasteiger partial charge >= 0.3 is 6.09 Å². The number of aromatic amines is 2. The fourth-order valence-corrected chi connectivity index (χ4v) is 7.52. The number of H-pyrrole nitrogens is 2. The molecule has 12 nitrogen and oxygen atoms in total. The van der Waals surface area contributed by atoms with Crippen molar-refractivity contribution in [1.82, 2.24) is 35.5 Å². The Hall–Kier alpha value is -5.91. The Morgan fingerprint density at radius 3 is 2.11 bits per heavy atom. The van der Waals surface area contributed by atoms with Crippen LogP contribution >= 0.6 is 0 Å². The maximum Gasteiger partial charge on any atom is 0.407 e. The van der Waals surface area contributed by atoms with E-state index >= 15 is 0 Å². The molecular weight excluding hydrogens is 681 g/mol. The number of ether oxygens (including phenoxy) is 1. The summed E-state index contributed by atoms with van der Waals surface area (Å²) in [4.78, 5) is 58.7. The minimum atomic E-state index is -0.677. The number of rotatable bonds is 12. The quantitative estimate of drug-likeness (QED) is 0.115. The molecular formula is C42H48N8O4. The summed E-state index contributed by atoms with van der Waals surface area (Å²) in [5, 5.41) is 5.82. The number of nitrogens with one attached hydrogen (secondary N) is 4. The number of alkyl carbamates (subject to hydrolysis) is 1. The molecule has 280 valence electrons. The summed E-state index contributed by atoms with van der Waals surface area (Å²) >= 11 is 0. The third-order valence-corrected chi connectivity index (χ3v) is 10.5. The standard InChI is InChI=1S/C42H48N8O4/c1-27(2)37(48-42(53)54-3)40(52)49-23-7-11-35(49)38-44-25-33(46-38)31-17-13-29(14-18-31)30-15-19-32(20-16-30)34-26-45-41(47-34)50-24-8-12-36(50)39(51)43-22-21-28-9-5-4-6-10-28/h4-6,9-10,13-20,25-27,35-37H,7-8,11-12,21-24H2,1-3H3,(H,43,51)(H,44,46)(H,45,47)(H,48,53). The van der Waals surface area contributed by atoms with Gasteiger partial charge in [0.25, 0.3) is 0 Å². The van der Waals surface area contributed by atoms with E-state index in [-0.39, 0.29) is 29.8 Å². The molecule has 4 heterocycles. The Kier molecular flexibility index (Phi) is 11.1. The number of benzene rings is 3. The van der Waals surface area contributed by atoms with Gasteiger partial charge in [0.05, 0.1) is 36.9 Å². The second-order valence-corrected chi connectivity index (χ2v) is 14.4. The Balaban J connectivity index is 0.967. The Bertz CT molecular complexity index is 2040. The molecule has 12 heteroatoms. The predicted octanol–water partition coefficient (Wildman–Crippen LogP) is 6.51. The number of aromatic nitrogens is 4. The number of hydrogen-bond donors (Lipinski definition) is 4. The van der Waals surface area contributed by atoms with E-state index in [0.717, 1.165) is 84.1 Å². The molecule has 3 amide bonds. The maximum atomic E-state index is 13.5. The van der Waals surface area contributed by atoms with Gasteiger partial charge in [-0.15, -0.1) is 0 Å². The second-order valence-electron chi connectivity index (χ2n) is 14.4. The number of carbonyl (C=O) groups is 3. The van der Waals surface area contributed by atoms with Crippen molar-refractivity contribution in [3.8, 4) is 33.6 Å². The van der Waals surface area contributed by atoms with Crippen molar-refractivity contribution >= 4 is 23.9 Å². The fourth-order valence-electron chi connectivity index (χ4n) is 7.52. The number of nitrogens with zero attached hydrogens (tertiary/aromatic N) is 4. The van der Waals surface area contributed by atoms with Crippen molar-refractivity contribution < 1.29 is 19.1 Å². The molecule has 0 aliphatic carbocycles. The molecule has 0 bridgehead atoms. The van der Waals surface area contributed by atoms with E-state index in [1.54, 1.807) is 0 Å². The van der Waals surface area contributed by atoms with Gasteiger partial charge in [0, 0.05) is 19.6 Å². The molecule has 7 rings (SSSR count). The molecule has 3 aromatic carbocycles. The molecule has 0 spiro atoms. The molecule has 2 aliphatic heterocycles. The van der Waals surface area contributed by atoms with Gasteiger partial charge < -0.3 is 35.1 Å². The smallest absolute Gasteiger partial charge is 0.407 e. The third kappa shape index (κ3) is 8.02. The number of hydrogen-bond acceptors (Lipinski definition) is 7. The normalized spacial score (nSPS) is 17.5. The molecule has 2 saturated heterocycles. The van der Waals surface area contributed by atoms with Crippen LogP contribution in [0.25, 0.3) is 33.6 Å². The topological polar surface area (TPSA) is 148 Å². The Labute approximate surface area is 315 Å². The van der Waals surface area contributed by atoms with E-state index in [1.807, 2.05) is 49.3 Å². The van der Waals surface area contributed by atoms with E-state index in [0.29, 0.717) is 13.1 Å². The lowest BCUT2D eigenvalue weighted by Crippen LogP contribution is -2.51. The Morgan fingerprint density at radius 2 is 1.44 bits per heavy atom. The minimum Gasteiger partial charge on any atom is -0.453 e. The van der Waals surface area contributed by atoms with Gasteiger partial charge in [0.15, 0.2) is 0 Å². The van der Waals surface area contributed by atoms with E-state index in [2.05, 4.69) is 96.1 Å². The van der Waals surface area contributed by atoms with Crippen LogP contribution in [0.15, 0.2) is 91.3 Å². The summed E-state index contributed by atoms with van der Waals surface area (Å²) in [6.45, 7) is 5.81. The third-order valence-electron chi connectivity index (χ3n) is 10.5. The zero-order valence-corrected chi connectivity index (χ0v) is 31.0. The fraction of sp³-hybridized carbons (Fsp3) is 0.357. The summed E-state index contributed by atoms with van der Waals surface area (Å²) in [5.41, 5.74) is 7.16. The minimum absolute atomic E-state index is 0.0447. The summed E-state index contributed by atoms with van der Waals surface area (Å²) in [7, 11) is 1.30. The molecule has 5 aromatic rings. The lowest BCUT2D eigenvalue weighted by molar-refractivity contribution is -0.135. The highest BCUT2D eigenvalue weighted by atomic mass is 16.5. The molecule has 2 aromatic heterocycles. The maximum absolute atomic E-state index is 13.5. The van der Waals surface area contributed by atoms with Gasteiger partial charge in [-0.3, -0.25) is 9.59 Å². The molecule has 54 heavy (non-hydrogen) atoms.